The Labute approximate surface area is 103 Å². The lowest BCUT2D eigenvalue weighted by atomic mass is 9.95. The van der Waals surface area contributed by atoms with E-state index in [2.05, 4.69) is 6.07 Å². The van der Waals surface area contributed by atoms with Gasteiger partial charge < -0.3 is 0 Å². The summed E-state index contributed by atoms with van der Waals surface area (Å²) in [6.07, 6.45) is 2.78. The highest BCUT2D eigenvalue weighted by Crippen LogP contribution is 2.12. The molecule has 0 saturated heterocycles. The Morgan fingerprint density at radius 2 is 2.00 bits per heavy atom. The molecule has 0 spiro atoms. The fourth-order valence-corrected chi connectivity index (χ4v) is 1.78. The molecule has 1 rings (SSSR count). The van der Waals surface area contributed by atoms with Gasteiger partial charge in [-0.25, -0.2) is 0 Å². The van der Waals surface area contributed by atoms with Gasteiger partial charge in [0, 0.05) is 6.42 Å². The van der Waals surface area contributed by atoms with Crippen LogP contribution < -0.4 is 0 Å². The van der Waals surface area contributed by atoms with Crippen LogP contribution in [0.15, 0.2) is 24.3 Å². The molecule has 0 amide bonds. The Balaban J connectivity index is 2.47. The zero-order chi connectivity index (χ0) is 12.7. The highest BCUT2D eigenvalue weighted by molar-refractivity contribution is 5.83. The van der Waals surface area contributed by atoms with E-state index >= 15 is 0 Å². The summed E-state index contributed by atoms with van der Waals surface area (Å²) in [4.78, 5) is 11.8. The van der Waals surface area contributed by atoms with E-state index in [4.69, 9.17) is 5.26 Å². The van der Waals surface area contributed by atoms with Gasteiger partial charge in [0.15, 0.2) is 0 Å². The lowest BCUT2D eigenvalue weighted by molar-refractivity contribution is -0.121. The molecule has 1 aromatic rings. The number of carbonyl (C=O) groups excluding carboxylic acids is 1. The van der Waals surface area contributed by atoms with Crippen molar-refractivity contribution in [3.8, 4) is 6.07 Å². The molecule has 17 heavy (non-hydrogen) atoms. The molecule has 0 fully saturated rings. The summed E-state index contributed by atoms with van der Waals surface area (Å²) in [6, 6.07) is 10.3. The molecule has 0 aromatic heterocycles. The summed E-state index contributed by atoms with van der Waals surface area (Å²) in [5.74, 6) is -0.333. The minimum Gasteiger partial charge on any atom is -0.298 e. The molecule has 0 bridgehead atoms. The van der Waals surface area contributed by atoms with Crippen LogP contribution in [0.1, 0.15) is 37.3 Å². The first-order chi connectivity index (χ1) is 8.17. The van der Waals surface area contributed by atoms with Gasteiger partial charge in [-0.05, 0) is 25.3 Å². The summed E-state index contributed by atoms with van der Waals surface area (Å²) in [5.41, 5.74) is 2.39. The third-order valence-electron chi connectivity index (χ3n) is 2.90. The molecular formula is C15H19NO. The highest BCUT2D eigenvalue weighted by atomic mass is 16.1. The van der Waals surface area contributed by atoms with Crippen molar-refractivity contribution in [2.45, 2.75) is 39.5 Å². The minimum absolute atomic E-state index is 0.0786. The van der Waals surface area contributed by atoms with Crippen LogP contribution in [0.2, 0.25) is 0 Å². The average molecular weight is 229 g/mol. The van der Waals surface area contributed by atoms with Crippen molar-refractivity contribution in [3.63, 3.8) is 0 Å². The molecular weight excluding hydrogens is 210 g/mol. The third kappa shape index (κ3) is 4.40. The van der Waals surface area contributed by atoms with Gasteiger partial charge in [0.1, 0.15) is 11.7 Å². The summed E-state index contributed by atoms with van der Waals surface area (Å²) in [6.45, 7) is 4.04. The number of nitriles is 1. The summed E-state index contributed by atoms with van der Waals surface area (Å²) < 4.78 is 0. The smallest absolute Gasteiger partial charge is 0.150 e. The van der Waals surface area contributed by atoms with Crippen LogP contribution in [0.5, 0.6) is 0 Å². The molecule has 1 atom stereocenters. The minimum atomic E-state index is -0.412. The van der Waals surface area contributed by atoms with E-state index in [0.29, 0.717) is 12.8 Å². The zero-order valence-corrected chi connectivity index (χ0v) is 10.6. The van der Waals surface area contributed by atoms with Crippen molar-refractivity contribution in [2.24, 2.45) is 5.92 Å². The monoisotopic (exact) mass is 229 g/mol. The van der Waals surface area contributed by atoms with Crippen LogP contribution in [0.3, 0.4) is 0 Å². The Hall–Kier alpha value is -1.62. The van der Waals surface area contributed by atoms with Crippen molar-refractivity contribution in [1.82, 2.24) is 0 Å². The number of Topliss-reactive ketones (excluding diaryl/α,β-unsaturated/α-hetero) is 1. The van der Waals surface area contributed by atoms with Gasteiger partial charge in [-0.2, -0.15) is 5.26 Å². The second-order valence-electron chi connectivity index (χ2n) is 4.42. The van der Waals surface area contributed by atoms with Gasteiger partial charge in [0.25, 0.3) is 0 Å². The number of carbonyl (C=O) groups is 1. The fourth-order valence-electron chi connectivity index (χ4n) is 1.78. The maximum Gasteiger partial charge on any atom is 0.150 e. The molecule has 1 unspecified atom stereocenters. The second kappa shape index (κ2) is 6.85. The highest BCUT2D eigenvalue weighted by Gasteiger charge is 2.15. The predicted octanol–water partition coefficient (Wildman–Crippen LogP) is 3.44. The summed E-state index contributed by atoms with van der Waals surface area (Å²) >= 11 is 0. The molecule has 0 N–H and O–H groups in total. The summed E-state index contributed by atoms with van der Waals surface area (Å²) in [5, 5.41) is 8.89. The van der Waals surface area contributed by atoms with E-state index < -0.39 is 5.92 Å². The quantitative estimate of drug-likeness (QED) is 0.749. The van der Waals surface area contributed by atoms with E-state index in [1.54, 1.807) is 0 Å². The molecule has 0 aliphatic carbocycles. The molecule has 0 radical (unpaired) electrons. The number of nitrogens with zero attached hydrogens (tertiary/aromatic N) is 1. The largest absolute Gasteiger partial charge is 0.298 e. The van der Waals surface area contributed by atoms with Gasteiger partial charge in [-0.15, -0.1) is 0 Å². The van der Waals surface area contributed by atoms with E-state index in [0.717, 1.165) is 18.4 Å². The SMILES string of the molecule is CCCC(C#N)C(=O)CCc1ccc(C)cc1. The molecule has 90 valence electrons. The number of hydrogen-bond acceptors (Lipinski definition) is 2. The summed E-state index contributed by atoms with van der Waals surface area (Å²) in [7, 11) is 0. The first kappa shape index (κ1) is 13.4. The Kier molecular flexibility index (Phi) is 5.42. The standard InChI is InChI=1S/C15H19NO/c1-3-4-14(11-16)15(17)10-9-13-7-5-12(2)6-8-13/h5-8,14H,3-4,9-10H2,1-2H3. The topological polar surface area (TPSA) is 40.9 Å². The molecule has 0 heterocycles. The number of hydrogen-bond donors (Lipinski definition) is 0. The van der Waals surface area contributed by atoms with Crippen molar-refractivity contribution >= 4 is 5.78 Å². The van der Waals surface area contributed by atoms with Gasteiger partial charge in [0.2, 0.25) is 0 Å². The molecule has 2 heteroatoms. The Morgan fingerprint density at radius 1 is 1.35 bits per heavy atom. The molecule has 2 nitrogen and oxygen atoms in total. The van der Waals surface area contributed by atoms with Crippen LogP contribution in [-0.2, 0) is 11.2 Å². The van der Waals surface area contributed by atoms with E-state index in [-0.39, 0.29) is 5.78 Å². The molecule has 0 saturated carbocycles. The lowest BCUT2D eigenvalue weighted by Gasteiger charge is -2.06. The average Bonchev–Trinajstić information content (AvgIpc) is 2.35. The van der Waals surface area contributed by atoms with Crippen LogP contribution in [0.4, 0.5) is 0 Å². The van der Waals surface area contributed by atoms with E-state index in [9.17, 15) is 4.79 Å². The van der Waals surface area contributed by atoms with Crippen LogP contribution in [0, 0.1) is 24.2 Å². The van der Waals surface area contributed by atoms with Gasteiger partial charge in [0.05, 0.1) is 6.07 Å². The molecule has 0 aliphatic heterocycles. The first-order valence-corrected chi connectivity index (χ1v) is 6.15. The molecule has 0 aliphatic rings. The number of rotatable bonds is 6. The normalized spacial score (nSPS) is 11.8. The fraction of sp³-hybridized carbons (Fsp3) is 0.467. The van der Waals surface area contributed by atoms with Crippen LogP contribution in [0.25, 0.3) is 0 Å². The molecule has 1 aromatic carbocycles. The van der Waals surface area contributed by atoms with E-state index in [1.165, 1.54) is 5.56 Å². The third-order valence-corrected chi connectivity index (χ3v) is 2.90. The first-order valence-electron chi connectivity index (χ1n) is 6.15. The Morgan fingerprint density at radius 3 is 2.53 bits per heavy atom. The van der Waals surface area contributed by atoms with Gasteiger partial charge >= 0.3 is 0 Å². The Bertz CT molecular complexity index is 400. The lowest BCUT2D eigenvalue weighted by Crippen LogP contribution is -2.13. The van der Waals surface area contributed by atoms with Gasteiger partial charge in [-0.1, -0.05) is 43.2 Å². The van der Waals surface area contributed by atoms with Crippen LogP contribution >= 0.6 is 0 Å². The number of aryl methyl sites for hydroxylation is 2. The van der Waals surface area contributed by atoms with Crippen molar-refractivity contribution < 1.29 is 4.79 Å². The zero-order valence-electron chi connectivity index (χ0n) is 10.6. The van der Waals surface area contributed by atoms with Crippen molar-refractivity contribution in [3.05, 3.63) is 35.4 Å². The maximum absolute atomic E-state index is 11.8. The second-order valence-corrected chi connectivity index (χ2v) is 4.42. The maximum atomic E-state index is 11.8. The van der Waals surface area contributed by atoms with Crippen molar-refractivity contribution in [1.29, 1.82) is 5.26 Å². The predicted molar refractivity (Wildman–Crippen MR) is 68.5 cm³/mol. The number of ketones is 1. The van der Waals surface area contributed by atoms with E-state index in [1.807, 2.05) is 38.1 Å². The number of benzene rings is 1. The van der Waals surface area contributed by atoms with Crippen LogP contribution in [-0.4, -0.2) is 5.78 Å². The van der Waals surface area contributed by atoms with Crippen molar-refractivity contribution in [2.75, 3.05) is 0 Å². The van der Waals surface area contributed by atoms with Gasteiger partial charge in [-0.3, -0.25) is 4.79 Å².